The fourth-order valence-electron chi connectivity index (χ4n) is 2.47. The maximum atomic E-state index is 11.5. The molecule has 0 spiro atoms. The molecule has 0 radical (unpaired) electrons. The van der Waals surface area contributed by atoms with E-state index in [1.807, 2.05) is 0 Å². The van der Waals surface area contributed by atoms with Crippen LogP contribution >= 0.6 is 0 Å². The fourth-order valence-corrected chi connectivity index (χ4v) is 2.47. The lowest BCUT2D eigenvalue weighted by Crippen LogP contribution is -2.08. The summed E-state index contributed by atoms with van der Waals surface area (Å²) in [5.74, 6) is -2.50. The van der Waals surface area contributed by atoms with Gasteiger partial charge >= 0.3 is 11.9 Å². The molecule has 0 amide bonds. The molecule has 0 aliphatic carbocycles. The Morgan fingerprint density at radius 2 is 1.90 bits per heavy atom. The SMILES string of the molecule is O=C(O)c1c(C(=O)O)c(-c2ccccn2)n2c1CC=C2. The summed E-state index contributed by atoms with van der Waals surface area (Å²) in [6.07, 6.45) is 5.41. The topological polar surface area (TPSA) is 92.4 Å². The van der Waals surface area contributed by atoms with Crippen LogP contribution in [0.1, 0.15) is 26.4 Å². The molecule has 0 unspecified atom stereocenters. The minimum absolute atomic E-state index is 0.164. The quantitative estimate of drug-likeness (QED) is 0.889. The molecule has 1 aliphatic rings. The summed E-state index contributed by atoms with van der Waals surface area (Å²) in [6.45, 7) is 0. The molecule has 0 atom stereocenters. The normalized spacial score (nSPS) is 12.4. The van der Waals surface area contributed by atoms with Gasteiger partial charge in [-0.2, -0.15) is 0 Å². The standard InChI is InChI=1S/C14H10N2O4/c17-13(18)10-9-5-3-7-16(9)12(11(10)14(19)20)8-4-1-2-6-15-8/h1-4,6-7H,5H2,(H,17,18)(H,19,20). The minimum Gasteiger partial charge on any atom is -0.478 e. The second-order valence-corrected chi connectivity index (χ2v) is 4.33. The molecule has 20 heavy (non-hydrogen) atoms. The highest BCUT2D eigenvalue weighted by atomic mass is 16.4. The zero-order valence-corrected chi connectivity index (χ0v) is 10.3. The zero-order valence-electron chi connectivity index (χ0n) is 10.3. The van der Waals surface area contributed by atoms with Gasteiger partial charge < -0.3 is 14.8 Å². The Morgan fingerprint density at radius 1 is 1.15 bits per heavy atom. The number of pyridine rings is 1. The summed E-state index contributed by atoms with van der Waals surface area (Å²) in [4.78, 5) is 27.0. The Kier molecular flexibility index (Phi) is 2.64. The van der Waals surface area contributed by atoms with Crippen LogP contribution in [-0.4, -0.2) is 31.7 Å². The van der Waals surface area contributed by atoms with E-state index < -0.39 is 11.9 Å². The molecule has 0 bridgehead atoms. The lowest BCUT2D eigenvalue weighted by Gasteiger charge is -2.04. The smallest absolute Gasteiger partial charge is 0.338 e. The van der Waals surface area contributed by atoms with E-state index in [-0.39, 0.29) is 11.1 Å². The van der Waals surface area contributed by atoms with E-state index in [1.165, 1.54) is 0 Å². The van der Waals surface area contributed by atoms with Crippen LogP contribution in [0.3, 0.4) is 0 Å². The van der Waals surface area contributed by atoms with Crippen molar-refractivity contribution in [3.05, 3.63) is 47.3 Å². The Bertz CT molecular complexity index is 744. The summed E-state index contributed by atoms with van der Waals surface area (Å²) >= 11 is 0. The number of carboxylic acid groups (broad SMARTS) is 2. The Morgan fingerprint density at radius 3 is 2.50 bits per heavy atom. The first-order valence-electron chi connectivity index (χ1n) is 5.93. The number of allylic oxidation sites excluding steroid dienone is 1. The summed E-state index contributed by atoms with van der Waals surface area (Å²) in [5.41, 5.74) is 0.832. The first-order valence-corrected chi connectivity index (χ1v) is 5.93. The highest BCUT2D eigenvalue weighted by molar-refractivity contribution is 6.08. The number of aromatic nitrogens is 2. The highest BCUT2D eigenvalue weighted by Gasteiger charge is 2.32. The Balaban J connectivity index is 2.39. The number of hydrogen-bond donors (Lipinski definition) is 2. The van der Waals surface area contributed by atoms with Crippen molar-refractivity contribution < 1.29 is 19.8 Å². The highest BCUT2D eigenvalue weighted by Crippen LogP contribution is 2.34. The van der Waals surface area contributed by atoms with Crippen LogP contribution < -0.4 is 0 Å². The molecule has 2 N–H and O–H groups in total. The molecule has 3 heterocycles. The van der Waals surface area contributed by atoms with Gasteiger partial charge in [-0.15, -0.1) is 0 Å². The molecule has 100 valence electrons. The van der Waals surface area contributed by atoms with Gasteiger partial charge in [-0.05, 0) is 12.1 Å². The molecule has 0 saturated carbocycles. The number of aromatic carboxylic acids is 2. The van der Waals surface area contributed by atoms with E-state index in [0.29, 0.717) is 23.5 Å². The van der Waals surface area contributed by atoms with Crippen LogP contribution in [-0.2, 0) is 6.42 Å². The van der Waals surface area contributed by atoms with Crippen molar-refractivity contribution in [2.45, 2.75) is 6.42 Å². The minimum atomic E-state index is -1.27. The molecule has 2 aromatic rings. The van der Waals surface area contributed by atoms with Gasteiger partial charge in [-0.3, -0.25) is 4.98 Å². The third-order valence-electron chi connectivity index (χ3n) is 3.21. The number of nitrogens with zero attached hydrogens (tertiary/aromatic N) is 2. The third kappa shape index (κ3) is 1.62. The molecular formula is C14H10N2O4. The van der Waals surface area contributed by atoms with Crippen molar-refractivity contribution in [3.63, 3.8) is 0 Å². The molecule has 3 rings (SSSR count). The molecule has 2 aromatic heterocycles. The summed E-state index contributed by atoms with van der Waals surface area (Å²) < 4.78 is 1.59. The van der Waals surface area contributed by atoms with E-state index in [0.717, 1.165) is 0 Å². The average molecular weight is 270 g/mol. The van der Waals surface area contributed by atoms with Gasteiger partial charge in [0.05, 0.1) is 17.0 Å². The van der Waals surface area contributed by atoms with E-state index >= 15 is 0 Å². The maximum absolute atomic E-state index is 11.5. The number of hydrogen-bond acceptors (Lipinski definition) is 3. The second kappa shape index (κ2) is 4.34. The van der Waals surface area contributed by atoms with Gasteiger partial charge in [-0.1, -0.05) is 12.1 Å². The van der Waals surface area contributed by atoms with Gasteiger partial charge in [0.1, 0.15) is 5.56 Å². The zero-order chi connectivity index (χ0) is 14.3. The van der Waals surface area contributed by atoms with Crippen molar-refractivity contribution in [2.75, 3.05) is 0 Å². The Hall–Kier alpha value is -2.89. The first kappa shape index (κ1) is 12.2. The summed E-state index contributed by atoms with van der Waals surface area (Å²) in [6, 6.07) is 5.10. The summed E-state index contributed by atoms with van der Waals surface area (Å²) in [7, 11) is 0. The van der Waals surface area contributed by atoms with E-state index in [1.54, 1.807) is 41.2 Å². The predicted octanol–water partition coefficient (Wildman–Crippen LogP) is 1.97. The van der Waals surface area contributed by atoms with Crippen LogP contribution in [0.25, 0.3) is 17.6 Å². The van der Waals surface area contributed by atoms with Crippen molar-refractivity contribution in [2.24, 2.45) is 0 Å². The van der Waals surface area contributed by atoms with Crippen molar-refractivity contribution >= 4 is 18.1 Å². The van der Waals surface area contributed by atoms with E-state index in [9.17, 15) is 19.8 Å². The monoisotopic (exact) mass is 270 g/mol. The van der Waals surface area contributed by atoms with E-state index in [4.69, 9.17) is 0 Å². The molecule has 1 aliphatic heterocycles. The van der Waals surface area contributed by atoms with Crippen molar-refractivity contribution in [1.82, 2.24) is 9.55 Å². The number of rotatable bonds is 3. The predicted molar refractivity (Wildman–Crippen MR) is 70.6 cm³/mol. The fraction of sp³-hybridized carbons (Fsp3) is 0.0714. The largest absolute Gasteiger partial charge is 0.478 e. The van der Waals surface area contributed by atoms with Crippen molar-refractivity contribution in [3.8, 4) is 11.4 Å². The maximum Gasteiger partial charge on any atom is 0.338 e. The van der Waals surface area contributed by atoms with Gasteiger partial charge in [0, 0.05) is 24.5 Å². The first-order chi connectivity index (χ1) is 9.61. The summed E-state index contributed by atoms with van der Waals surface area (Å²) in [5, 5.41) is 18.7. The Labute approximate surface area is 113 Å². The molecule has 0 saturated heterocycles. The number of carbonyl (C=O) groups is 2. The van der Waals surface area contributed by atoms with Gasteiger partial charge in [-0.25, -0.2) is 9.59 Å². The average Bonchev–Trinajstić information content (AvgIpc) is 2.97. The van der Waals surface area contributed by atoms with Crippen LogP contribution in [0.15, 0.2) is 30.5 Å². The lowest BCUT2D eigenvalue weighted by molar-refractivity contribution is 0.0652. The molecular weight excluding hydrogens is 260 g/mol. The molecule has 6 heteroatoms. The number of carboxylic acids is 2. The van der Waals surface area contributed by atoms with Crippen molar-refractivity contribution in [1.29, 1.82) is 0 Å². The molecule has 0 fully saturated rings. The number of fused-ring (bicyclic) bond motifs is 1. The molecule has 6 nitrogen and oxygen atoms in total. The lowest BCUT2D eigenvalue weighted by atomic mass is 10.1. The third-order valence-corrected chi connectivity index (χ3v) is 3.21. The van der Waals surface area contributed by atoms with Crippen LogP contribution in [0.5, 0.6) is 0 Å². The van der Waals surface area contributed by atoms with Crippen LogP contribution in [0.2, 0.25) is 0 Å². The molecule has 0 aromatic carbocycles. The van der Waals surface area contributed by atoms with Gasteiger partial charge in [0.15, 0.2) is 0 Å². The second-order valence-electron chi connectivity index (χ2n) is 4.33. The van der Waals surface area contributed by atoms with Crippen LogP contribution in [0.4, 0.5) is 0 Å². The van der Waals surface area contributed by atoms with Gasteiger partial charge in [0.2, 0.25) is 0 Å². The van der Waals surface area contributed by atoms with E-state index in [2.05, 4.69) is 4.98 Å². The van der Waals surface area contributed by atoms with Crippen LogP contribution in [0, 0.1) is 0 Å². The van der Waals surface area contributed by atoms with Gasteiger partial charge in [0.25, 0.3) is 0 Å².